The van der Waals surface area contributed by atoms with E-state index in [1.54, 1.807) is 0 Å². The van der Waals surface area contributed by atoms with Gasteiger partial charge in [-0.3, -0.25) is 4.99 Å². The van der Waals surface area contributed by atoms with E-state index in [9.17, 15) is 4.39 Å². The molecule has 0 spiro atoms. The van der Waals surface area contributed by atoms with Gasteiger partial charge in [0.25, 0.3) is 0 Å². The number of aliphatic imine (C=N–C) groups is 1. The van der Waals surface area contributed by atoms with E-state index in [1.807, 2.05) is 13.8 Å². The summed E-state index contributed by atoms with van der Waals surface area (Å²) >= 11 is 0. The molecule has 0 aromatic rings. The second kappa shape index (κ2) is 3.36. The lowest BCUT2D eigenvalue weighted by molar-refractivity contribution is 0.808. The molecule has 8 heavy (non-hydrogen) atoms. The lowest BCUT2D eigenvalue weighted by Gasteiger charge is -1.83. The highest BCUT2D eigenvalue weighted by Gasteiger charge is 1.84. The van der Waals surface area contributed by atoms with Gasteiger partial charge in [-0.25, -0.2) is 0 Å². The SMILES string of the molecule is CN=C(F)C=C(C)C. The summed E-state index contributed by atoms with van der Waals surface area (Å²) in [5.41, 5.74) is 0.924. The Morgan fingerprint density at radius 2 is 2.00 bits per heavy atom. The van der Waals surface area contributed by atoms with Crippen LogP contribution in [0.4, 0.5) is 4.39 Å². The van der Waals surface area contributed by atoms with Gasteiger partial charge in [0, 0.05) is 7.05 Å². The Balaban J connectivity index is 3.89. The van der Waals surface area contributed by atoms with Gasteiger partial charge in [-0.1, -0.05) is 5.57 Å². The maximum Gasteiger partial charge on any atom is 0.207 e. The van der Waals surface area contributed by atoms with Crippen LogP contribution in [0.25, 0.3) is 0 Å². The Bertz CT molecular complexity index is 120. The first-order valence-electron chi connectivity index (χ1n) is 2.44. The minimum absolute atomic E-state index is 0.412. The molecule has 0 heterocycles. The highest BCUT2D eigenvalue weighted by molar-refractivity contribution is 5.86. The molecule has 46 valence electrons. The number of nitrogens with zero attached hydrogens (tertiary/aromatic N) is 1. The molecule has 0 rings (SSSR count). The summed E-state index contributed by atoms with van der Waals surface area (Å²) in [6.07, 6.45) is 1.39. The molecule has 0 aromatic heterocycles. The van der Waals surface area contributed by atoms with Gasteiger partial charge in [0.2, 0.25) is 5.97 Å². The zero-order valence-electron chi connectivity index (χ0n) is 5.40. The Hall–Kier alpha value is -0.660. The first-order chi connectivity index (χ1) is 3.66. The van der Waals surface area contributed by atoms with Crippen LogP contribution < -0.4 is 0 Å². The highest BCUT2D eigenvalue weighted by atomic mass is 19.1. The quantitative estimate of drug-likeness (QED) is 0.463. The van der Waals surface area contributed by atoms with Crippen LogP contribution in [0.15, 0.2) is 16.6 Å². The van der Waals surface area contributed by atoms with Crippen LogP contribution >= 0.6 is 0 Å². The minimum Gasteiger partial charge on any atom is -0.261 e. The number of rotatable bonds is 1. The molecule has 2 heteroatoms. The zero-order chi connectivity index (χ0) is 6.57. The first-order valence-corrected chi connectivity index (χ1v) is 2.44. The Kier molecular flexibility index (Phi) is 3.08. The van der Waals surface area contributed by atoms with E-state index >= 15 is 0 Å². The molecule has 0 aromatic carbocycles. The molecule has 0 aliphatic rings. The van der Waals surface area contributed by atoms with Crippen LogP contribution in [-0.2, 0) is 0 Å². The normalized spacial score (nSPS) is 11.2. The smallest absolute Gasteiger partial charge is 0.207 e. The van der Waals surface area contributed by atoms with Gasteiger partial charge in [-0.2, -0.15) is 4.39 Å². The van der Waals surface area contributed by atoms with Crippen molar-refractivity contribution < 1.29 is 4.39 Å². The maximum atomic E-state index is 12.1. The van der Waals surface area contributed by atoms with Gasteiger partial charge in [0.15, 0.2) is 0 Å². The van der Waals surface area contributed by atoms with Crippen molar-refractivity contribution >= 4 is 5.97 Å². The predicted octanol–water partition coefficient (Wildman–Crippen LogP) is 1.95. The molecular formula is C6H10FN. The van der Waals surface area contributed by atoms with Crippen LogP contribution in [0, 0.1) is 0 Å². The summed E-state index contributed by atoms with van der Waals surface area (Å²) in [5.74, 6) is -0.412. The van der Waals surface area contributed by atoms with Crippen LogP contribution in [0.1, 0.15) is 13.8 Å². The third-order valence-corrected chi connectivity index (χ3v) is 0.621. The fourth-order valence-electron chi connectivity index (χ4n) is 0.303. The van der Waals surface area contributed by atoms with Crippen molar-refractivity contribution in [3.05, 3.63) is 11.6 Å². The molecule has 1 nitrogen and oxygen atoms in total. The summed E-state index contributed by atoms with van der Waals surface area (Å²) in [5, 5.41) is 0. The first kappa shape index (κ1) is 7.34. The lowest BCUT2D eigenvalue weighted by Crippen LogP contribution is -1.80. The fourth-order valence-corrected chi connectivity index (χ4v) is 0.303. The second-order valence-corrected chi connectivity index (χ2v) is 1.77. The maximum absolute atomic E-state index is 12.1. The third-order valence-electron chi connectivity index (χ3n) is 0.621. The molecule has 0 aliphatic carbocycles. The lowest BCUT2D eigenvalue weighted by atomic mass is 10.3. The monoisotopic (exact) mass is 115 g/mol. The zero-order valence-corrected chi connectivity index (χ0v) is 5.40. The predicted molar refractivity (Wildman–Crippen MR) is 33.9 cm³/mol. The summed E-state index contributed by atoms with van der Waals surface area (Å²) in [4.78, 5) is 3.30. The summed E-state index contributed by atoms with van der Waals surface area (Å²) in [6, 6.07) is 0. The van der Waals surface area contributed by atoms with Crippen LogP contribution in [0.5, 0.6) is 0 Å². The van der Waals surface area contributed by atoms with Crippen molar-refractivity contribution in [3.8, 4) is 0 Å². The summed E-state index contributed by atoms with van der Waals surface area (Å²) in [7, 11) is 1.43. The van der Waals surface area contributed by atoms with Crippen molar-refractivity contribution in [2.24, 2.45) is 4.99 Å². The molecule has 0 amide bonds. The van der Waals surface area contributed by atoms with Crippen molar-refractivity contribution in [3.63, 3.8) is 0 Å². The van der Waals surface area contributed by atoms with Crippen molar-refractivity contribution in [2.45, 2.75) is 13.8 Å². The van der Waals surface area contributed by atoms with E-state index in [-0.39, 0.29) is 0 Å². The Labute approximate surface area is 48.9 Å². The van der Waals surface area contributed by atoms with E-state index in [0.717, 1.165) is 5.57 Å². The standard InChI is InChI=1S/C6H10FN/c1-5(2)4-6(7)8-3/h4H,1-3H3. The number of hydrogen-bond donors (Lipinski definition) is 0. The van der Waals surface area contributed by atoms with Crippen molar-refractivity contribution in [1.82, 2.24) is 0 Å². The van der Waals surface area contributed by atoms with Crippen molar-refractivity contribution in [2.75, 3.05) is 7.05 Å². The summed E-state index contributed by atoms with van der Waals surface area (Å²) < 4.78 is 12.1. The Morgan fingerprint density at radius 1 is 1.50 bits per heavy atom. The second-order valence-electron chi connectivity index (χ2n) is 1.77. The molecule has 0 radical (unpaired) electrons. The van der Waals surface area contributed by atoms with Gasteiger partial charge in [-0.05, 0) is 19.9 Å². The molecule has 0 N–H and O–H groups in total. The van der Waals surface area contributed by atoms with Gasteiger partial charge in [0.1, 0.15) is 0 Å². The average Bonchev–Trinajstić information content (AvgIpc) is 1.65. The third kappa shape index (κ3) is 3.53. The average molecular weight is 115 g/mol. The number of hydrogen-bond acceptors (Lipinski definition) is 1. The van der Waals surface area contributed by atoms with Crippen molar-refractivity contribution in [1.29, 1.82) is 0 Å². The van der Waals surface area contributed by atoms with Gasteiger partial charge in [-0.15, -0.1) is 0 Å². The van der Waals surface area contributed by atoms with Gasteiger partial charge >= 0.3 is 0 Å². The van der Waals surface area contributed by atoms with E-state index in [4.69, 9.17) is 0 Å². The van der Waals surface area contributed by atoms with E-state index in [1.165, 1.54) is 13.1 Å². The number of halogens is 1. The highest BCUT2D eigenvalue weighted by Crippen LogP contribution is 1.90. The molecule has 0 fully saturated rings. The van der Waals surface area contributed by atoms with Crippen LogP contribution in [0.2, 0.25) is 0 Å². The number of allylic oxidation sites excluding steroid dienone is 2. The minimum atomic E-state index is -0.412. The molecule has 0 atom stereocenters. The molecule has 0 saturated heterocycles. The largest absolute Gasteiger partial charge is 0.261 e. The van der Waals surface area contributed by atoms with Crippen LogP contribution in [0.3, 0.4) is 0 Å². The summed E-state index contributed by atoms with van der Waals surface area (Å²) in [6.45, 7) is 3.65. The Morgan fingerprint density at radius 3 is 2.12 bits per heavy atom. The fraction of sp³-hybridized carbons (Fsp3) is 0.500. The van der Waals surface area contributed by atoms with E-state index in [2.05, 4.69) is 4.99 Å². The van der Waals surface area contributed by atoms with Gasteiger partial charge < -0.3 is 0 Å². The van der Waals surface area contributed by atoms with Crippen LogP contribution in [-0.4, -0.2) is 13.0 Å². The van der Waals surface area contributed by atoms with Gasteiger partial charge in [0.05, 0.1) is 0 Å². The molecule has 0 bridgehead atoms. The topological polar surface area (TPSA) is 12.4 Å². The molecule has 0 aliphatic heterocycles. The van der Waals surface area contributed by atoms with E-state index < -0.39 is 5.97 Å². The molecule has 0 saturated carbocycles. The molecule has 0 unspecified atom stereocenters. The van der Waals surface area contributed by atoms with E-state index in [0.29, 0.717) is 0 Å². The molecular weight excluding hydrogens is 105 g/mol.